The highest BCUT2D eigenvalue weighted by Gasteiger charge is 2.48. The summed E-state index contributed by atoms with van der Waals surface area (Å²) >= 11 is 1.48. The van der Waals surface area contributed by atoms with Gasteiger partial charge in [0.2, 0.25) is 5.95 Å². The summed E-state index contributed by atoms with van der Waals surface area (Å²) < 4.78 is 19.5. The van der Waals surface area contributed by atoms with Crippen molar-refractivity contribution in [3.05, 3.63) is 57.3 Å². The van der Waals surface area contributed by atoms with Gasteiger partial charge in [0.25, 0.3) is 17.3 Å². The Morgan fingerprint density at radius 1 is 1.04 bits per heavy atom. The van der Waals surface area contributed by atoms with Gasteiger partial charge < -0.3 is 34.3 Å². The first-order chi connectivity index (χ1) is 23.9. The number of morpholine rings is 1. The Morgan fingerprint density at radius 3 is 2.28 bits per heavy atom. The van der Waals surface area contributed by atoms with Crippen LogP contribution in [0.25, 0.3) is 11.1 Å². The van der Waals surface area contributed by atoms with Gasteiger partial charge in [0.05, 0.1) is 13.1 Å². The summed E-state index contributed by atoms with van der Waals surface area (Å²) in [7, 11) is 7.99. The van der Waals surface area contributed by atoms with E-state index in [0.717, 1.165) is 36.3 Å². The number of pyridine rings is 1. The monoisotopic (exact) mass is 706 g/mol. The van der Waals surface area contributed by atoms with Crippen LogP contribution in [-0.2, 0) is 11.3 Å². The summed E-state index contributed by atoms with van der Waals surface area (Å²) in [5, 5.41) is 9.36. The number of fused-ring (bicyclic) bond motifs is 1. The van der Waals surface area contributed by atoms with Crippen LogP contribution in [0.2, 0.25) is 0 Å². The van der Waals surface area contributed by atoms with Gasteiger partial charge in [0.1, 0.15) is 12.5 Å². The van der Waals surface area contributed by atoms with E-state index in [1.807, 2.05) is 53.3 Å². The number of H-pyrrole nitrogens is 1. The first-order valence-electron chi connectivity index (χ1n) is 17.3. The maximum atomic E-state index is 13.9. The van der Waals surface area contributed by atoms with E-state index in [1.54, 1.807) is 12.4 Å². The lowest BCUT2D eigenvalue weighted by atomic mass is 9.81. The molecule has 4 N–H and O–H groups in total. The number of hydrogen-bond acceptors (Lipinski definition) is 12. The zero-order valence-electron chi connectivity index (χ0n) is 30.3. The van der Waals surface area contributed by atoms with Gasteiger partial charge in [0, 0.05) is 76.2 Å². The topological polar surface area (TPSA) is 146 Å². The molecule has 1 saturated carbocycles. The summed E-state index contributed by atoms with van der Waals surface area (Å²) in [6.07, 6.45) is 9.16. The fraction of sp³-hybridized carbons (Fsp3) is 0.556. The van der Waals surface area contributed by atoms with Crippen LogP contribution in [0.3, 0.4) is 0 Å². The molecule has 6 rings (SSSR count). The van der Waals surface area contributed by atoms with E-state index >= 15 is 0 Å². The molecule has 0 spiro atoms. The molecule has 2 aliphatic heterocycles. The van der Waals surface area contributed by atoms with Crippen LogP contribution in [0.15, 0.2) is 34.2 Å². The van der Waals surface area contributed by atoms with Crippen molar-refractivity contribution in [2.24, 2.45) is 5.92 Å². The Kier molecular flexibility index (Phi) is 10.8. The van der Waals surface area contributed by atoms with Crippen molar-refractivity contribution in [2.75, 3.05) is 52.4 Å². The van der Waals surface area contributed by atoms with Crippen molar-refractivity contribution >= 4 is 23.6 Å². The Bertz CT molecular complexity index is 1750. The summed E-state index contributed by atoms with van der Waals surface area (Å²) in [5.74, 6) is 0.679. The molecule has 4 heterocycles. The van der Waals surface area contributed by atoms with E-state index in [-0.39, 0.29) is 36.4 Å². The molecule has 1 saturated heterocycles. The number of carbonyl (C=O) groups is 1. The Balaban J connectivity index is 1.33. The van der Waals surface area contributed by atoms with E-state index in [9.17, 15) is 9.59 Å². The first-order valence-corrected chi connectivity index (χ1v) is 18.5. The molecule has 2 aromatic heterocycles. The number of nitrogens with zero attached hydrogens (tertiary/aromatic N) is 4. The molecular formula is C36H50N8O5S. The van der Waals surface area contributed by atoms with Crippen LogP contribution >= 0.6 is 11.8 Å². The van der Waals surface area contributed by atoms with Crippen molar-refractivity contribution in [3.8, 4) is 22.6 Å². The third-order valence-corrected chi connectivity index (χ3v) is 11.2. The smallest absolute Gasteiger partial charge is 0.254 e. The van der Waals surface area contributed by atoms with Gasteiger partial charge in [-0.1, -0.05) is 0 Å². The van der Waals surface area contributed by atoms with Gasteiger partial charge >= 0.3 is 0 Å². The van der Waals surface area contributed by atoms with Gasteiger partial charge in [-0.2, -0.15) is 0 Å². The third-order valence-electron chi connectivity index (χ3n) is 10.4. The van der Waals surface area contributed by atoms with Crippen molar-refractivity contribution in [1.82, 2.24) is 35.8 Å². The minimum Gasteiger partial charge on any atom is -0.448 e. The van der Waals surface area contributed by atoms with E-state index < -0.39 is 5.79 Å². The lowest BCUT2D eigenvalue weighted by Crippen LogP contribution is -2.56. The quantitative estimate of drug-likeness (QED) is 0.229. The van der Waals surface area contributed by atoms with Crippen LogP contribution < -0.4 is 35.9 Å². The number of likely N-dealkylation sites (N-methyl/N-ethyl adjacent to an activating group) is 2. The predicted octanol–water partition coefficient (Wildman–Crippen LogP) is 3.64. The van der Waals surface area contributed by atoms with Gasteiger partial charge in [-0.15, -0.1) is 11.8 Å². The molecule has 1 unspecified atom stereocenters. The highest BCUT2D eigenvalue weighted by molar-refractivity contribution is 7.98. The number of aryl methyl sites for hydroxylation is 1. The van der Waals surface area contributed by atoms with Gasteiger partial charge in [-0.3, -0.25) is 20.2 Å². The minimum absolute atomic E-state index is 0.0826. The number of amides is 1. The Labute approximate surface area is 298 Å². The standard InChI is InChI=1S/C36H50N8O5S/c1-20-13-28(50-8)27(34(46)42-20)17-39-33(45)25-14-26(22-15-40-35(41-16-22)44-18-29(37-4)47-30(19-44)38-5)32-31(21(25)2)48-36(3,49-32)23-9-11-24(12-10-23)43(6)7/h13-16,23-24,29-30,37-38H,9-12,17-19H2,1-8H3,(H,39,45)(H,42,46)/t23-,24-,29-,30+,36?. The van der Waals surface area contributed by atoms with Gasteiger partial charge in [0.15, 0.2) is 11.5 Å². The Morgan fingerprint density at radius 2 is 1.68 bits per heavy atom. The largest absolute Gasteiger partial charge is 0.448 e. The van der Waals surface area contributed by atoms with E-state index in [4.69, 9.17) is 24.2 Å². The molecule has 3 aliphatic rings. The molecule has 13 nitrogen and oxygen atoms in total. The summed E-state index contributed by atoms with van der Waals surface area (Å²) in [5.41, 5.74) is 3.57. The normalized spacial score (nSPS) is 24.9. The van der Waals surface area contributed by atoms with Crippen LogP contribution in [0.5, 0.6) is 11.5 Å². The molecular weight excluding hydrogens is 657 g/mol. The lowest BCUT2D eigenvalue weighted by molar-refractivity contribution is -0.123. The second-order valence-electron chi connectivity index (χ2n) is 13.8. The summed E-state index contributed by atoms with van der Waals surface area (Å²) in [6.45, 7) is 7.00. The third kappa shape index (κ3) is 7.22. The molecule has 2 fully saturated rings. The number of benzene rings is 1. The molecule has 0 bridgehead atoms. The lowest BCUT2D eigenvalue weighted by Gasteiger charge is -2.39. The van der Waals surface area contributed by atoms with Crippen LogP contribution in [0.4, 0.5) is 5.95 Å². The van der Waals surface area contributed by atoms with Crippen LogP contribution in [0, 0.1) is 19.8 Å². The average molecular weight is 707 g/mol. The number of aromatic amines is 1. The molecule has 270 valence electrons. The number of thioether (sulfide) groups is 1. The van der Waals surface area contributed by atoms with Crippen molar-refractivity contribution < 1.29 is 19.0 Å². The molecule has 14 heteroatoms. The molecule has 1 aliphatic carbocycles. The first kappa shape index (κ1) is 36.1. The van der Waals surface area contributed by atoms with E-state index in [0.29, 0.717) is 64.4 Å². The molecule has 1 aromatic carbocycles. The number of aromatic nitrogens is 3. The summed E-state index contributed by atoms with van der Waals surface area (Å²) in [6, 6.07) is 4.29. The SMILES string of the molecule is CN[C@H]1CN(c2ncc(-c3cc(C(=O)NCc4c(SC)cc(C)[nH]c4=O)c(C)c4c3OC(C)([C@H]3CC[C@H](N(C)C)CC3)O4)cn2)C[C@@H](NC)O1. The predicted molar refractivity (Wildman–Crippen MR) is 195 cm³/mol. The zero-order valence-corrected chi connectivity index (χ0v) is 31.1. The Hall–Kier alpha value is -3.69. The van der Waals surface area contributed by atoms with Crippen molar-refractivity contribution in [2.45, 2.75) is 82.2 Å². The fourth-order valence-corrected chi connectivity index (χ4v) is 7.99. The molecule has 1 amide bonds. The summed E-state index contributed by atoms with van der Waals surface area (Å²) in [4.78, 5) is 44.4. The van der Waals surface area contributed by atoms with Gasteiger partial charge in [-0.25, -0.2) is 9.97 Å². The molecule has 3 aromatic rings. The number of nitrogens with one attached hydrogen (secondary N) is 4. The number of ether oxygens (including phenoxy) is 3. The minimum atomic E-state index is -0.893. The van der Waals surface area contributed by atoms with Gasteiger partial charge in [-0.05, 0) is 86.1 Å². The maximum Gasteiger partial charge on any atom is 0.254 e. The number of hydrogen-bond donors (Lipinski definition) is 4. The number of anilines is 1. The van der Waals surface area contributed by atoms with Crippen LogP contribution in [0.1, 0.15) is 59.8 Å². The molecule has 3 atom stereocenters. The van der Waals surface area contributed by atoms with Crippen LogP contribution in [-0.4, -0.2) is 97.6 Å². The number of rotatable bonds is 10. The highest BCUT2D eigenvalue weighted by atomic mass is 32.2. The fourth-order valence-electron chi connectivity index (χ4n) is 7.28. The number of carbonyl (C=O) groups excluding carboxylic acids is 1. The second-order valence-corrected chi connectivity index (χ2v) is 14.7. The van der Waals surface area contributed by atoms with E-state index in [2.05, 4.69) is 44.8 Å². The maximum absolute atomic E-state index is 13.9. The van der Waals surface area contributed by atoms with E-state index in [1.165, 1.54) is 11.8 Å². The molecule has 0 radical (unpaired) electrons. The molecule has 50 heavy (non-hydrogen) atoms. The second kappa shape index (κ2) is 14.9. The van der Waals surface area contributed by atoms with Crippen molar-refractivity contribution in [3.63, 3.8) is 0 Å². The average Bonchev–Trinajstić information content (AvgIpc) is 3.49. The zero-order chi connectivity index (χ0) is 35.7. The highest BCUT2D eigenvalue weighted by Crippen LogP contribution is 2.52. The van der Waals surface area contributed by atoms with Crippen molar-refractivity contribution in [1.29, 1.82) is 0 Å².